The van der Waals surface area contributed by atoms with Gasteiger partial charge in [0.1, 0.15) is 0 Å². The van der Waals surface area contributed by atoms with Crippen molar-refractivity contribution in [1.82, 2.24) is 14.9 Å². The van der Waals surface area contributed by atoms with E-state index in [1.54, 1.807) is 0 Å². The van der Waals surface area contributed by atoms with Gasteiger partial charge in [0.2, 0.25) is 0 Å². The Kier molecular flexibility index (Phi) is 4.88. The van der Waals surface area contributed by atoms with Crippen molar-refractivity contribution in [2.24, 2.45) is 5.92 Å². The smallest absolute Gasteiger partial charge is 0.0958 e. The highest BCUT2D eigenvalue weighted by Gasteiger charge is 2.19. The number of benzene rings is 1. The fraction of sp³-hybridized carbons (Fsp3) is 0.588. The number of ether oxygens (including phenoxy) is 1. The van der Waals surface area contributed by atoms with E-state index in [0.29, 0.717) is 6.04 Å². The maximum absolute atomic E-state index is 5.47. The van der Waals surface area contributed by atoms with Gasteiger partial charge in [-0.05, 0) is 43.9 Å². The average Bonchev–Trinajstić information content (AvgIpc) is 2.92. The molecule has 0 aliphatic carbocycles. The molecule has 4 nitrogen and oxygen atoms in total. The largest absolute Gasteiger partial charge is 0.381 e. The lowest BCUT2D eigenvalue weighted by atomic mass is 9.92. The minimum Gasteiger partial charge on any atom is -0.381 e. The van der Waals surface area contributed by atoms with Gasteiger partial charge in [-0.3, -0.25) is 0 Å². The highest BCUT2D eigenvalue weighted by Crippen LogP contribution is 2.21. The average molecular weight is 287 g/mol. The zero-order valence-electron chi connectivity index (χ0n) is 12.8. The summed E-state index contributed by atoms with van der Waals surface area (Å²) in [7, 11) is 0. The van der Waals surface area contributed by atoms with Crippen molar-refractivity contribution >= 4 is 11.0 Å². The van der Waals surface area contributed by atoms with Gasteiger partial charge in [-0.15, -0.1) is 0 Å². The van der Waals surface area contributed by atoms with Crippen LogP contribution < -0.4 is 5.32 Å². The predicted molar refractivity (Wildman–Crippen MR) is 85.4 cm³/mol. The number of nitrogens with one attached hydrogen (secondary N) is 1. The Morgan fingerprint density at radius 1 is 1.33 bits per heavy atom. The van der Waals surface area contributed by atoms with E-state index in [9.17, 15) is 0 Å². The molecule has 0 spiro atoms. The van der Waals surface area contributed by atoms with Crippen molar-refractivity contribution in [3.8, 4) is 0 Å². The first-order valence-electron chi connectivity index (χ1n) is 8.08. The minimum absolute atomic E-state index is 0.510. The van der Waals surface area contributed by atoms with Crippen LogP contribution in [0.2, 0.25) is 0 Å². The number of imidazole rings is 1. The summed E-state index contributed by atoms with van der Waals surface area (Å²) in [5, 5.41) is 3.64. The van der Waals surface area contributed by atoms with Crippen LogP contribution in [0.3, 0.4) is 0 Å². The van der Waals surface area contributed by atoms with Crippen molar-refractivity contribution in [3.05, 3.63) is 30.6 Å². The van der Waals surface area contributed by atoms with Crippen LogP contribution in [0.25, 0.3) is 11.0 Å². The number of hydrogen-bond acceptors (Lipinski definition) is 3. The number of likely N-dealkylation sites (N-methyl/N-ethyl adjacent to an activating group) is 1. The zero-order chi connectivity index (χ0) is 14.5. The fourth-order valence-corrected chi connectivity index (χ4v) is 3.29. The topological polar surface area (TPSA) is 39.1 Å². The first kappa shape index (κ1) is 14.5. The summed E-state index contributed by atoms with van der Waals surface area (Å²) in [5.41, 5.74) is 2.31. The second kappa shape index (κ2) is 7.05. The molecule has 2 heterocycles. The van der Waals surface area contributed by atoms with E-state index >= 15 is 0 Å². The second-order valence-electron chi connectivity index (χ2n) is 5.93. The van der Waals surface area contributed by atoms with E-state index in [0.717, 1.165) is 37.7 Å². The monoisotopic (exact) mass is 287 g/mol. The number of fused-ring (bicyclic) bond motifs is 1. The highest BCUT2D eigenvalue weighted by atomic mass is 16.5. The zero-order valence-corrected chi connectivity index (χ0v) is 12.8. The number of aromatic nitrogens is 2. The maximum Gasteiger partial charge on any atom is 0.0958 e. The Balaban J connectivity index is 1.69. The molecular formula is C17H25N3O. The van der Waals surface area contributed by atoms with Crippen molar-refractivity contribution in [2.75, 3.05) is 19.8 Å². The predicted octanol–water partition coefficient (Wildman–Crippen LogP) is 2.83. The lowest BCUT2D eigenvalue weighted by Crippen LogP contribution is -2.36. The van der Waals surface area contributed by atoms with E-state index < -0.39 is 0 Å². The summed E-state index contributed by atoms with van der Waals surface area (Å²) >= 11 is 0. The standard InChI is InChI=1S/C17H25N3O/c1-2-18-15(11-14-7-9-21-10-8-14)12-20-13-19-16-5-3-4-6-17(16)20/h3-6,13-15,18H,2,7-12H2,1H3. The van der Waals surface area contributed by atoms with Gasteiger partial charge in [-0.2, -0.15) is 0 Å². The molecule has 0 amide bonds. The van der Waals surface area contributed by atoms with Crippen molar-refractivity contribution in [2.45, 2.75) is 38.8 Å². The van der Waals surface area contributed by atoms with Gasteiger partial charge in [0.15, 0.2) is 0 Å². The molecule has 4 heteroatoms. The van der Waals surface area contributed by atoms with Gasteiger partial charge in [-0.25, -0.2) is 4.98 Å². The van der Waals surface area contributed by atoms with Crippen molar-refractivity contribution in [3.63, 3.8) is 0 Å². The number of rotatable bonds is 6. The molecule has 1 aromatic heterocycles. The van der Waals surface area contributed by atoms with Crippen molar-refractivity contribution in [1.29, 1.82) is 0 Å². The lowest BCUT2D eigenvalue weighted by molar-refractivity contribution is 0.0600. The highest BCUT2D eigenvalue weighted by molar-refractivity contribution is 5.74. The molecule has 0 saturated carbocycles. The van der Waals surface area contributed by atoms with Crippen LogP contribution in [0.5, 0.6) is 0 Å². The van der Waals surface area contributed by atoms with Crippen LogP contribution in [0.1, 0.15) is 26.2 Å². The Labute approximate surface area is 126 Å². The van der Waals surface area contributed by atoms with Crippen LogP contribution in [0.15, 0.2) is 30.6 Å². The summed E-state index contributed by atoms with van der Waals surface area (Å²) in [6.45, 7) is 6.05. The molecule has 1 fully saturated rings. The molecule has 1 atom stereocenters. The van der Waals surface area contributed by atoms with Gasteiger partial charge >= 0.3 is 0 Å². The van der Waals surface area contributed by atoms with E-state index in [1.807, 2.05) is 12.4 Å². The summed E-state index contributed by atoms with van der Waals surface area (Å²) < 4.78 is 7.75. The van der Waals surface area contributed by atoms with E-state index in [-0.39, 0.29) is 0 Å². The summed E-state index contributed by atoms with van der Waals surface area (Å²) in [6.07, 6.45) is 5.60. The van der Waals surface area contributed by atoms with Crippen LogP contribution >= 0.6 is 0 Å². The number of para-hydroxylation sites is 2. The van der Waals surface area contributed by atoms with E-state index in [2.05, 4.69) is 40.0 Å². The van der Waals surface area contributed by atoms with Gasteiger partial charge in [0, 0.05) is 25.8 Å². The molecule has 1 aliphatic rings. The summed E-state index contributed by atoms with van der Waals surface area (Å²) in [5.74, 6) is 0.789. The first-order valence-corrected chi connectivity index (χ1v) is 8.08. The third kappa shape index (κ3) is 3.63. The van der Waals surface area contributed by atoms with Crippen molar-refractivity contribution < 1.29 is 4.74 Å². The van der Waals surface area contributed by atoms with Crippen LogP contribution in [-0.4, -0.2) is 35.4 Å². The molecule has 2 aromatic rings. The maximum atomic E-state index is 5.47. The Morgan fingerprint density at radius 3 is 2.95 bits per heavy atom. The molecule has 21 heavy (non-hydrogen) atoms. The molecule has 1 unspecified atom stereocenters. The van der Waals surface area contributed by atoms with E-state index in [4.69, 9.17) is 4.74 Å². The molecule has 0 radical (unpaired) electrons. The quantitative estimate of drug-likeness (QED) is 0.888. The SMILES string of the molecule is CCNC(CC1CCOCC1)Cn1cnc2ccccc21. The third-order valence-electron chi connectivity index (χ3n) is 4.40. The van der Waals surface area contributed by atoms with Gasteiger partial charge in [0.25, 0.3) is 0 Å². The third-order valence-corrected chi connectivity index (χ3v) is 4.40. The molecule has 1 aromatic carbocycles. The van der Waals surface area contributed by atoms with Gasteiger partial charge in [-0.1, -0.05) is 19.1 Å². The molecular weight excluding hydrogens is 262 g/mol. The van der Waals surface area contributed by atoms with Gasteiger partial charge in [0.05, 0.1) is 17.4 Å². The van der Waals surface area contributed by atoms with Crippen LogP contribution in [-0.2, 0) is 11.3 Å². The first-order chi connectivity index (χ1) is 10.4. The normalized spacial score (nSPS) is 18.1. The second-order valence-corrected chi connectivity index (χ2v) is 5.93. The van der Waals surface area contributed by atoms with E-state index in [1.165, 1.54) is 24.8 Å². The minimum atomic E-state index is 0.510. The summed E-state index contributed by atoms with van der Waals surface area (Å²) in [4.78, 5) is 4.49. The molecule has 1 aliphatic heterocycles. The molecule has 0 bridgehead atoms. The number of nitrogens with zero attached hydrogens (tertiary/aromatic N) is 2. The van der Waals surface area contributed by atoms with Gasteiger partial charge < -0.3 is 14.6 Å². The summed E-state index contributed by atoms with van der Waals surface area (Å²) in [6, 6.07) is 8.87. The van der Waals surface area contributed by atoms with Crippen LogP contribution in [0.4, 0.5) is 0 Å². The molecule has 114 valence electrons. The Bertz CT molecular complexity index is 560. The fourth-order valence-electron chi connectivity index (χ4n) is 3.29. The Hall–Kier alpha value is -1.39. The Morgan fingerprint density at radius 2 is 2.14 bits per heavy atom. The van der Waals surface area contributed by atoms with Crippen LogP contribution in [0, 0.1) is 5.92 Å². The lowest BCUT2D eigenvalue weighted by Gasteiger charge is -2.27. The molecule has 1 saturated heterocycles. The number of hydrogen-bond donors (Lipinski definition) is 1. The molecule has 3 rings (SSSR count). The molecule has 1 N–H and O–H groups in total.